The van der Waals surface area contributed by atoms with Gasteiger partial charge in [-0.25, -0.2) is 4.79 Å². The molecule has 0 atom stereocenters. The standard InChI is InChI=1S/C16H14N2O2S/c1-17-16(19)20-15-14(21-11-7-3-2-4-8-11)12-9-5-6-10-13(12)18-15/h2-10,18H,1H3,(H,17,19). The molecule has 0 aliphatic rings. The van der Waals surface area contributed by atoms with Crippen molar-refractivity contribution in [3.8, 4) is 5.88 Å². The molecule has 106 valence electrons. The molecule has 4 nitrogen and oxygen atoms in total. The Bertz CT molecular complexity index is 768. The minimum absolute atomic E-state index is 0.462. The van der Waals surface area contributed by atoms with Crippen molar-refractivity contribution in [3.05, 3.63) is 54.6 Å². The normalized spacial score (nSPS) is 10.5. The number of fused-ring (bicyclic) bond motifs is 1. The fourth-order valence-corrected chi connectivity index (χ4v) is 3.02. The molecule has 3 rings (SSSR count). The Kier molecular flexibility index (Phi) is 3.83. The minimum Gasteiger partial charge on any atom is -0.392 e. The van der Waals surface area contributed by atoms with Gasteiger partial charge in [0.05, 0.1) is 4.90 Å². The van der Waals surface area contributed by atoms with Gasteiger partial charge in [0.15, 0.2) is 0 Å². The third-order valence-corrected chi connectivity index (χ3v) is 4.11. The lowest BCUT2D eigenvalue weighted by Crippen LogP contribution is -2.22. The highest BCUT2D eigenvalue weighted by Crippen LogP contribution is 2.40. The number of para-hydroxylation sites is 1. The van der Waals surface area contributed by atoms with Crippen LogP contribution in [0.4, 0.5) is 4.79 Å². The average molecular weight is 298 g/mol. The van der Waals surface area contributed by atoms with Crippen LogP contribution in [0.15, 0.2) is 64.4 Å². The van der Waals surface area contributed by atoms with Crippen LogP contribution in [0, 0.1) is 0 Å². The maximum Gasteiger partial charge on any atom is 0.413 e. The molecule has 1 aromatic heterocycles. The molecule has 2 N–H and O–H groups in total. The molecule has 0 saturated carbocycles. The zero-order valence-electron chi connectivity index (χ0n) is 11.4. The zero-order chi connectivity index (χ0) is 14.7. The van der Waals surface area contributed by atoms with Crippen LogP contribution in [0.1, 0.15) is 0 Å². The molecule has 1 heterocycles. The van der Waals surface area contributed by atoms with Crippen molar-refractivity contribution in [2.24, 2.45) is 0 Å². The van der Waals surface area contributed by atoms with Crippen molar-refractivity contribution >= 4 is 28.8 Å². The summed E-state index contributed by atoms with van der Waals surface area (Å²) in [5.74, 6) is 0.462. The third-order valence-electron chi connectivity index (χ3n) is 2.99. The molecule has 0 spiro atoms. The Morgan fingerprint density at radius 1 is 1.10 bits per heavy atom. The second-order valence-corrected chi connectivity index (χ2v) is 5.47. The highest BCUT2D eigenvalue weighted by Gasteiger charge is 2.16. The molecule has 3 aromatic rings. The van der Waals surface area contributed by atoms with Crippen LogP contribution in [-0.4, -0.2) is 18.1 Å². The number of hydrogen-bond acceptors (Lipinski definition) is 3. The molecular weight excluding hydrogens is 284 g/mol. The second-order valence-electron chi connectivity index (χ2n) is 4.38. The number of aromatic nitrogens is 1. The smallest absolute Gasteiger partial charge is 0.392 e. The molecule has 0 unspecified atom stereocenters. The molecule has 0 fully saturated rings. The summed E-state index contributed by atoms with van der Waals surface area (Å²) < 4.78 is 5.33. The van der Waals surface area contributed by atoms with Gasteiger partial charge in [0, 0.05) is 22.8 Å². The number of carbonyl (C=O) groups excluding carboxylic acids is 1. The summed E-state index contributed by atoms with van der Waals surface area (Å²) in [4.78, 5) is 16.6. The Hall–Kier alpha value is -2.40. The molecule has 2 aromatic carbocycles. The lowest BCUT2D eigenvalue weighted by atomic mass is 10.2. The summed E-state index contributed by atoms with van der Waals surface area (Å²) >= 11 is 1.57. The summed E-state index contributed by atoms with van der Waals surface area (Å²) in [6, 6.07) is 17.9. The van der Waals surface area contributed by atoms with E-state index in [2.05, 4.69) is 10.3 Å². The van der Waals surface area contributed by atoms with Crippen LogP contribution >= 0.6 is 11.8 Å². The van der Waals surface area contributed by atoms with E-state index in [9.17, 15) is 4.79 Å². The van der Waals surface area contributed by atoms with Gasteiger partial charge in [-0.2, -0.15) is 0 Å². The van der Waals surface area contributed by atoms with Crippen LogP contribution < -0.4 is 10.1 Å². The Morgan fingerprint density at radius 2 is 1.81 bits per heavy atom. The first kappa shape index (κ1) is 13.6. The van der Waals surface area contributed by atoms with Crippen molar-refractivity contribution in [3.63, 3.8) is 0 Å². The van der Waals surface area contributed by atoms with Gasteiger partial charge in [0.1, 0.15) is 0 Å². The fraction of sp³-hybridized carbons (Fsp3) is 0.0625. The molecule has 0 radical (unpaired) electrons. The van der Waals surface area contributed by atoms with E-state index in [1.807, 2.05) is 54.6 Å². The number of hydrogen-bond donors (Lipinski definition) is 2. The topological polar surface area (TPSA) is 54.1 Å². The van der Waals surface area contributed by atoms with Gasteiger partial charge in [-0.3, -0.25) is 0 Å². The van der Waals surface area contributed by atoms with Gasteiger partial charge in [-0.05, 0) is 18.2 Å². The van der Waals surface area contributed by atoms with E-state index < -0.39 is 6.09 Å². The number of carbonyl (C=O) groups is 1. The Morgan fingerprint density at radius 3 is 2.57 bits per heavy atom. The molecular formula is C16H14N2O2S. The van der Waals surface area contributed by atoms with Crippen molar-refractivity contribution in [2.75, 3.05) is 7.05 Å². The van der Waals surface area contributed by atoms with E-state index in [1.54, 1.807) is 11.8 Å². The van der Waals surface area contributed by atoms with Crippen molar-refractivity contribution < 1.29 is 9.53 Å². The molecule has 0 saturated heterocycles. The van der Waals surface area contributed by atoms with Gasteiger partial charge in [0.25, 0.3) is 0 Å². The second kappa shape index (κ2) is 5.93. The first-order chi connectivity index (χ1) is 10.3. The Balaban J connectivity index is 2.05. The van der Waals surface area contributed by atoms with Gasteiger partial charge < -0.3 is 15.0 Å². The number of ether oxygens (including phenoxy) is 1. The predicted molar refractivity (Wildman–Crippen MR) is 83.9 cm³/mol. The largest absolute Gasteiger partial charge is 0.413 e. The molecule has 0 aliphatic heterocycles. The van der Waals surface area contributed by atoms with Gasteiger partial charge in [0.2, 0.25) is 5.88 Å². The van der Waals surface area contributed by atoms with E-state index >= 15 is 0 Å². The van der Waals surface area contributed by atoms with E-state index in [-0.39, 0.29) is 0 Å². The summed E-state index contributed by atoms with van der Waals surface area (Å²) in [6.07, 6.45) is -0.489. The first-order valence-electron chi connectivity index (χ1n) is 6.51. The Labute approximate surface area is 126 Å². The highest BCUT2D eigenvalue weighted by molar-refractivity contribution is 7.99. The van der Waals surface area contributed by atoms with Gasteiger partial charge >= 0.3 is 6.09 Å². The fourth-order valence-electron chi connectivity index (χ4n) is 2.01. The maximum atomic E-state index is 11.5. The molecule has 5 heteroatoms. The highest BCUT2D eigenvalue weighted by atomic mass is 32.2. The SMILES string of the molecule is CNC(=O)Oc1[nH]c2ccccc2c1Sc1ccccc1. The predicted octanol–water partition coefficient (Wildman–Crippen LogP) is 4.04. The van der Waals surface area contributed by atoms with E-state index in [1.165, 1.54) is 7.05 Å². The summed E-state index contributed by atoms with van der Waals surface area (Å²) in [5, 5.41) is 3.49. The quantitative estimate of drug-likeness (QED) is 0.767. The van der Waals surface area contributed by atoms with Crippen LogP contribution in [0.5, 0.6) is 5.88 Å². The monoisotopic (exact) mass is 298 g/mol. The number of rotatable bonds is 3. The lowest BCUT2D eigenvalue weighted by molar-refractivity contribution is 0.200. The first-order valence-corrected chi connectivity index (χ1v) is 7.33. The summed E-state index contributed by atoms with van der Waals surface area (Å²) in [6.45, 7) is 0. The summed E-state index contributed by atoms with van der Waals surface area (Å²) in [5.41, 5.74) is 0.940. The summed E-state index contributed by atoms with van der Waals surface area (Å²) in [7, 11) is 1.54. The number of benzene rings is 2. The molecule has 1 amide bonds. The van der Waals surface area contributed by atoms with Gasteiger partial charge in [-0.1, -0.05) is 48.2 Å². The maximum absolute atomic E-state index is 11.5. The van der Waals surface area contributed by atoms with Crippen molar-refractivity contribution in [2.45, 2.75) is 9.79 Å². The van der Waals surface area contributed by atoms with E-state index in [4.69, 9.17) is 4.74 Å². The number of H-pyrrole nitrogens is 1. The molecule has 21 heavy (non-hydrogen) atoms. The van der Waals surface area contributed by atoms with Crippen molar-refractivity contribution in [1.29, 1.82) is 0 Å². The van der Waals surface area contributed by atoms with E-state index in [0.29, 0.717) is 5.88 Å². The van der Waals surface area contributed by atoms with Crippen LogP contribution in [-0.2, 0) is 0 Å². The van der Waals surface area contributed by atoms with Crippen LogP contribution in [0.25, 0.3) is 10.9 Å². The number of aromatic amines is 1. The lowest BCUT2D eigenvalue weighted by Gasteiger charge is -2.05. The van der Waals surface area contributed by atoms with Crippen molar-refractivity contribution in [1.82, 2.24) is 10.3 Å². The van der Waals surface area contributed by atoms with E-state index in [0.717, 1.165) is 20.7 Å². The molecule has 0 bridgehead atoms. The average Bonchev–Trinajstić information content (AvgIpc) is 2.86. The zero-order valence-corrected chi connectivity index (χ0v) is 12.2. The molecule has 0 aliphatic carbocycles. The third kappa shape index (κ3) is 2.87. The number of amides is 1. The minimum atomic E-state index is -0.489. The number of nitrogens with one attached hydrogen (secondary N) is 2. The van der Waals surface area contributed by atoms with Crippen LogP contribution in [0.3, 0.4) is 0 Å². The van der Waals surface area contributed by atoms with Gasteiger partial charge in [-0.15, -0.1) is 0 Å². The van der Waals surface area contributed by atoms with Crippen LogP contribution in [0.2, 0.25) is 0 Å².